The predicted molar refractivity (Wildman–Crippen MR) is 138 cm³/mol. The zero-order valence-electron chi connectivity index (χ0n) is 20.0. The average Bonchev–Trinajstić information content (AvgIpc) is 3.32. The molecule has 0 atom stereocenters. The molecule has 0 spiro atoms. The summed E-state index contributed by atoms with van der Waals surface area (Å²) in [4.78, 5) is 16.1. The number of carbonyl (C=O) groups is 1. The van der Waals surface area contributed by atoms with Crippen LogP contribution in [0.25, 0.3) is 11.3 Å². The third-order valence-corrected chi connectivity index (χ3v) is 5.95. The molecule has 0 bridgehead atoms. The molecule has 0 aliphatic rings. The summed E-state index contributed by atoms with van der Waals surface area (Å²) >= 11 is 1.55. The number of unbranched alkanes of at least 4 members (excludes halogenated alkanes) is 5. The van der Waals surface area contributed by atoms with E-state index in [-0.39, 0.29) is 12.6 Å². The fourth-order valence-electron chi connectivity index (χ4n) is 3.36. The van der Waals surface area contributed by atoms with E-state index in [2.05, 4.69) is 17.2 Å². The molecule has 3 rings (SSSR count). The Bertz CT molecular complexity index is 987. The van der Waals surface area contributed by atoms with Crippen LogP contribution in [0.1, 0.15) is 52.4 Å². The molecule has 0 radical (unpaired) electrons. The van der Waals surface area contributed by atoms with Crippen LogP contribution in [0.3, 0.4) is 0 Å². The lowest BCUT2D eigenvalue weighted by molar-refractivity contribution is -0.145. The van der Waals surface area contributed by atoms with Crippen molar-refractivity contribution in [3.63, 3.8) is 0 Å². The number of rotatable bonds is 15. The summed E-state index contributed by atoms with van der Waals surface area (Å²) in [5.74, 6) is 1.13. The van der Waals surface area contributed by atoms with Gasteiger partial charge in [-0.05, 0) is 61.9 Å². The number of benzene rings is 2. The Balaban J connectivity index is 1.44. The van der Waals surface area contributed by atoms with Crippen molar-refractivity contribution in [3.05, 3.63) is 53.9 Å². The van der Waals surface area contributed by atoms with Gasteiger partial charge >= 0.3 is 5.97 Å². The minimum absolute atomic E-state index is 0.0964. The number of ether oxygens (including phenoxy) is 3. The van der Waals surface area contributed by atoms with Gasteiger partial charge in [0.05, 0.1) is 18.9 Å². The maximum atomic E-state index is 11.4. The largest absolute Gasteiger partial charge is 0.494 e. The Labute approximate surface area is 206 Å². The second-order valence-corrected chi connectivity index (χ2v) is 8.78. The van der Waals surface area contributed by atoms with Gasteiger partial charge in [-0.25, -0.2) is 9.78 Å². The molecule has 0 unspecified atom stereocenters. The molecular formula is C27H34N2O4S. The number of nitrogens with zero attached hydrogens (tertiary/aromatic N) is 1. The van der Waals surface area contributed by atoms with E-state index in [1.165, 1.54) is 32.1 Å². The summed E-state index contributed by atoms with van der Waals surface area (Å²) in [5.41, 5.74) is 2.82. The van der Waals surface area contributed by atoms with Gasteiger partial charge in [0.15, 0.2) is 11.7 Å². The van der Waals surface area contributed by atoms with Crippen LogP contribution < -0.4 is 14.8 Å². The topological polar surface area (TPSA) is 69.7 Å². The normalized spacial score (nSPS) is 10.6. The number of carbonyl (C=O) groups excluding carboxylic acids is 1. The first-order valence-corrected chi connectivity index (χ1v) is 12.9. The maximum absolute atomic E-state index is 11.4. The number of aromatic nitrogens is 1. The molecule has 34 heavy (non-hydrogen) atoms. The van der Waals surface area contributed by atoms with Crippen molar-refractivity contribution in [1.29, 1.82) is 0 Å². The molecule has 1 aromatic heterocycles. The van der Waals surface area contributed by atoms with Crippen LogP contribution in [-0.4, -0.2) is 30.8 Å². The highest BCUT2D eigenvalue weighted by Gasteiger charge is 2.07. The zero-order chi connectivity index (χ0) is 24.0. The monoisotopic (exact) mass is 482 g/mol. The number of hydrogen-bond donors (Lipinski definition) is 1. The van der Waals surface area contributed by atoms with E-state index in [1.807, 2.05) is 53.9 Å². The van der Waals surface area contributed by atoms with E-state index < -0.39 is 0 Å². The first-order chi connectivity index (χ1) is 16.7. The number of thiazole rings is 1. The van der Waals surface area contributed by atoms with Crippen LogP contribution in [0.15, 0.2) is 53.9 Å². The first kappa shape index (κ1) is 25.6. The van der Waals surface area contributed by atoms with Gasteiger partial charge in [0, 0.05) is 16.6 Å². The Morgan fingerprint density at radius 1 is 0.882 bits per heavy atom. The van der Waals surface area contributed by atoms with Gasteiger partial charge in [-0.15, -0.1) is 11.3 Å². The molecule has 3 aromatic rings. The van der Waals surface area contributed by atoms with Crippen molar-refractivity contribution in [2.75, 3.05) is 25.1 Å². The van der Waals surface area contributed by atoms with Crippen molar-refractivity contribution in [1.82, 2.24) is 4.98 Å². The highest BCUT2D eigenvalue weighted by molar-refractivity contribution is 7.14. The number of hydrogen-bond acceptors (Lipinski definition) is 7. The summed E-state index contributed by atoms with van der Waals surface area (Å²) in [6.45, 7) is 5.02. The fourth-order valence-corrected chi connectivity index (χ4v) is 4.10. The standard InChI is InChI=1S/C27H34N2O4S/c1-3-5-6-7-8-9-18-32-23-16-12-22(13-17-23)28-27-29-25(20-34-27)21-10-14-24(15-11-21)33-19-26(30)31-4-2/h10-17,20H,3-9,18-19H2,1-2H3,(H,28,29). The number of esters is 1. The molecule has 1 heterocycles. The van der Waals surface area contributed by atoms with Crippen LogP contribution in [0.4, 0.5) is 10.8 Å². The lowest BCUT2D eigenvalue weighted by Crippen LogP contribution is -2.14. The quantitative estimate of drug-likeness (QED) is 0.182. The van der Waals surface area contributed by atoms with Gasteiger partial charge in [0.1, 0.15) is 11.5 Å². The molecule has 6 nitrogen and oxygen atoms in total. The number of anilines is 2. The molecule has 0 saturated heterocycles. The molecule has 0 amide bonds. The van der Waals surface area contributed by atoms with E-state index in [0.717, 1.165) is 40.9 Å². The highest BCUT2D eigenvalue weighted by atomic mass is 32.1. The minimum atomic E-state index is -0.376. The Kier molecular flexibility index (Phi) is 10.7. The summed E-state index contributed by atoms with van der Waals surface area (Å²) in [5, 5.41) is 6.18. The summed E-state index contributed by atoms with van der Waals surface area (Å²) in [6.07, 6.45) is 7.56. The average molecular weight is 483 g/mol. The minimum Gasteiger partial charge on any atom is -0.494 e. The van der Waals surface area contributed by atoms with Crippen LogP contribution in [0, 0.1) is 0 Å². The van der Waals surface area contributed by atoms with Crippen LogP contribution in [0.5, 0.6) is 11.5 Å². The molecule has 2 aromatic carbocycles. The Morgan fingerprint density at radius 2 is 1.56 bits per heavy atom. The second kappa shape index (κ2) is 14.3. The second-order valence-electron chi connectivity index (χ2n) is 7.92. The van der Waals surface area contributed by atoms with Gasteiger partial charge in [-0.1, -0.05) is 39.0 Å². The van der Waals surface area contributed by atoms with Crippen molar-refractivity contribution >= 4 is 28.1 Å². The molecule has 0 saturated carbocycles. The van der Waals surface area contributed by atoms with Crippen molar-refractivity contribution in [2.45, 2.75) is 52.4 Å². The Hall–Kier alpha value is -3.06. The van der Waals surface area contributed by atoms with Gasteiger partial charge in [-0.3, -0.25) is 0 Å². The van der Waals surface area contributed by atoms with E-state index in [0.29, 0.717) is 12.4 Å². The van der Waals surface area contributed by atoms with Gasteiger partial charge in [0.25, 0.3) is 0 Å². The summed E-state index contributed by atoms with van der Waals surface area (Å²) < 4.78 is 16.2. The Morgan fingerprint density at radius 3 is 2.29 bits per heavy atom. The van der Waals surface area contributed by atoms with Gasteiger partial charge in [0.2, 0.25) is 0 Å². The van der Waals surface area contributed by atoms with Crippen LogP contribution in [0.2, 0.25) is 0 Å². The van der Waals surface area contributed by atoms with E-state index >= 15 is 0 Å². The molecule has 0 aliphatic carbocycles. The summed E-state index contributed by atoms with van der Waals surface area (Å²) in [7, 11) is 0. The van der Waals surface area contributed by atoms with Crippen molar-refractivity contribution < 1.29 is 19.0 Å². The molecule has 182 valence electrons. The molecule has 7 heteroatoms. The third kappa shape index (κ3) is 8.71. The third-order valence-electron chi connectivity index (χ3n) is 5.19. The van der Waals surface area contributed by atoms with Gasteiger partial charge < -0.3 is 19.5 Å². The van der Waals surface area contributed by atoms with Crippen LogP contribution >= 0.6 is 11.3 Å². The lowest BCUT2D eigenvalue weighted by atomic mass is 10.1. The van der Waals surface area contributed by atoms with E-state index in [4.69, 9.17) is 14.2 Å². The first-order valence-electron chi connectivity index (χ1n) is 12.0. The zero-order valence-corrected chi connectivity index (χ0v) is 20.9. The SMILES string of the molecule is CCCCCCCCOc1ccc(Nc2nc(-c3ccc(OCC(=O)OCC)cc3)cs2)cc1. The lowest BCUT2D eigenvalue weighted by Gasteiger charge is -2.08. The molecule has 1 N–H and O–H groups in total. The highest BCUT2D eigenvalue weighted by Crippen LogP contribution is 2.29. The predicted octanol–water partition coefficient (Wildman–Crippen LogP) is 7.23. The fraction of sp³-hybridized carbons (Fsp3) is 0.407. The van der Waals surface area contributed by atoms with Crippen LogP contribution in [-0.2, 0) is 9.53 Å². The van der Waals surface area contributed by atoms with Crippen molar-refractivity contribution in [3.8, 4) is 22.8 Å². The molecule has 0 fully saturated rings. The maximum Gasteiger partial charge on any atom is 0.344 e. The van der Waals surface area contributed by atoms with E-state index in [1.54, 1.807) is 18.3 Å². The van der Waals surface area contributed by atoms with Gasteiger partial charge in [-0.2, -0.15) is 0 Å². The molecule has 0 aliphatic heterocycles. The smallest absolute Gasteiger partial charge is 0.344 e. The number of nitrogens with one attached hydrogen (secondary N) is 1. The summed E-state index contributed by atoms with van der Waals surface area (Å²) in [6, 6.07) is 15.5. The molecular weight excluding hydrogens is 448 g/mol. The van der Waals surface area contributed by atoms with Crippen molar-refractivity contribution in [2.24, 2.45) is 0 Å². The van der Waals surface area contributed by atoms with E-state index in [9.17, 15) is 4.79 Å².